The highest BCUT2D eigenvalue weighted by Crippen LogP contribution is 2.41. The number of aromatic hydroxyl groups is 1. The molecule has 10 heteroatoms. The molecule has 2 N–H and O–H groups in total. The van der Waals surface area contributed by atoms with Crippen molar-refractivity contribution in [3.63, 3.8) is 0 Å². The molecule has 2 aromatic rings. The average Bonchev–Trinajstić information content (AvgIpc) is 2.47. The van der Waals surface area contributed by atoms with Crippen LogP contribution in [0.15, 0.2) is 36.4 Å². The van der Waals surface area contributed by atoms with E-state index in [1.807, 2.05) is 5.32 Å². The number of carbonyl (C=O) groups is 1. The number of hydrogen-bond acceptors (Lipinski definition) is 2. The Bertz CT molecular complexity index is 813. The minimum absolute atomic E-state index is 0.108. The van der Waals surface area contributed by atoms with Gasteiger partial charge in [-0.1, -0.05) is 0 Å². The lowest BCUT2D eigenvalue weighted by molar-refractivity contribution is -0.162. The molecule has 2 rings (SSSR count). The highest BCUT2D eigenvalue weighted by molar-refractivity contribution is 6.06. The number of alkyl halides is 6. The summed E-state index contributed by atoms with van der Waals surface area (Å²) in [5, 5.41) is 11.3. The minimum atomic E-state index is -5.31. The first-order valence-corrected chi connectivity index (χ1v) is 6.48. The Balaban J connectivity index is 2.41. The number of benzene rings is 2. The standard InChI is InChI=1S/C15H8F7NO2/c16-7-1-4-12(24)9(5-7)13(25)23-8-2-3-10(14(17,18)19)11(6-8)15(20,21)22/h1-6,24H,(H,23,25). The van der Waals surface area contributed by atoms with Crippen LogP contribution < -0.4 is 5.32 Å². The molecule has 0 atom stereocenters. The van der Waals surface area contributed by atoms with Crippen molar-refractivity contribution in [2.75, 3.05) is 5.32 Å². The van der Waals surface area contributed by atoms with Gasteiger partial charge < -0.3 is 10.4 Å². The van der Waals surface area contributed by atoms with Crippen molar-refractivity contribution in [3.8, 4) is 5.75 Å². The molecule has 0 unspecified atom stereocenters. The second-order valence-electron chi connectivity index (χ2n) is 4.87. The van der Waals surface area contributed by atoms with Gasteiger partial charge in [0.2, 0.25) is 0 Å². The predicted octanol–water partition coefficient (Wildman–Crippen LogP) is 4.82. The molecule has 0 bridgehead atoms. The van der Waals surface area contributed by atoms with E-state index in [2.05, 4.69) is 0 Å². The molecular formula is C15H8F7NO2. The lowest BCUT2D eigenvalue weighted by Crippen LogP contribution is -2.18. The van der Waals surface area contributed by atoms with E-state index >= 15 is 0 Å². The van der Waals surface area contributed by atoms with E-state index in [1.165, 1.54) is 0 Å². The van der Waals surface area contributed by atoms with Crippen molar-refractivity contribution in [3.05, 3.63) is 58.9 Å². The first-order valence-electron chi connectivity index (χ1n) is 6.48. The van der Waals surface area contributed by atoms with E-state index in [0.29, 0.717) is 12.1 Å². The number of phenols is 1. The van der Waals surface area contributed by atoms with E-state index in [4.69, 9.17) is 0 Å². The van der Waals surface area contributed by atoms with Gasteiger partial charge in [-0.15, -0.1) is 0 Å². The molecular weight excluding hydrogens is 359 g/mol. The maximum Gasteiger partial charge on any atom is 0.417 e. The molecule has 3 nitrogen and oxygen atoms in total. The molecule has 0 aliphatic rings. The highest BCUT2D eigenvalue weighted by atomic mass is 19.4. The van der Waals surface area contributed by atoms with Gasteiger partial charge in [0.05, 0.1) is 16.7 Å². The van der Waals surface area contributed by atoms with Crippen molar-refractivity contribution in [2.45, 2.75) is 12.4 Å². The lowest BCUT2D eigenvalue weighted by atomic mass is 10.1. The summed E-state index contributed by atoms with van der Waals surface area (Å²) in [6.07, 6.45) is -10.6. The Labute approximate surface area is 135 Å². The van der Waals surface area contributed by atoms with Crippen molar-refractivity contribution >= 4 is 11.6 Å². The minimum Gasteiger partial charge on any atom is -0.507 e. The maximum atomic E-state index is 13.1. The van der Waals surface area contributed by atoms with Gasteiger partial charge in [-0.05, 0) is 36.4 Å². The van der Waals surface area contributed by atoms with Gasteiger partial charge in [-0.2, -0.15) is 26.3 Å². The number of nitrogens with one attached hydrogen (secondary N) is 1. The molecule has 0 aliphatic heterocycles. The highest BCUT2D eigenvalue weighted by Gasteiger charge is 2.43. The SMILES string of the molecule is O=C(Nc1ccc(C(F)(F)F)c(C(F)(F)F)c1)c1cc(F)ccc1O. The second-order valence-corrected chi connectivity index (χ2v) is 4.87. The lowest BCUT2D eigenvalue weighted by Gasteiger charge is -2.17. The van der Waals surface area contributed by atoms with Crippen molar-refractivity contribution in [1.29, 1.82) is 0 Å². The predicted molar refractivity (Wildman–Crippen MR) is 72.5 cm³/mol. The molecule has 1 amide bonds. The van der Waals surface area contributed by atoms with Crippen molar-refractivity contribution < 1.29 is 40.6 Å². The van der Waals surface area contributed by atoms with E-state index in [1.54, 1.807) is 0 Å². The third-order valence-electron chi connectivity index (χ3n) is 3.09. The zero-order chi connectivity index (χ0) is 19.0. The smallest absolute Gasteiger partial charge is 0.417 e. The Morgan fingerprint density at radius 1 is 0.880 bits per heavy atom. The summed E-state index contributed by atoms with van der Waals surface area (Å²) in [6.45, 7) is 0. The topological polar surface area (TPSA) is 49.3 Å². The fraction of sp³-hybridized carbons (Fsp3) is 0.133. The molecule has 2 aromatic carbocycles. The average molecular weight is 367 g/mol. The van der Waals surface area contributed by atoms with Crippen LogP contribution in [-0.2, 0) is 12.4 Å². The van der Waals surface area contributed by atoms with Crippen LogP contribution in [-0.4, -0.2) is 11.0 Å². The fourth-order valence-corrected chi connectivity index (χ4v) is 1.99. The van der Waals surface area contributed by atoms with E-state index in [-0.39, 0.29) is 12.1 Å². The largest absolute Gasteiger partial charge is 0.507 e. The fourth-order valence-electron chi connectivity index (χ4n) is 1.99. The van der Waals surface area contributed by atoms with Crippen LogP contribution in [0.4, 0.5) is 36.4 Å². The number of hydrogen-bond donors (Lipinski definition) is 2. The van der Waals surface area contributed by atoms with E-state index < -0.39 is 52.2 Å². The summed E-state index contributed by atoms with van der Waals surface area (Å²) in [6, 6.07) is 3.21. The zero-order valence-electron chi connectivity index (χ0n) is 12.0. The monoisotopic (exact) mass is 367 g/mol. The molecule has 0 aliphatic carbocycles. The maximum absolute atomic E-state index is 13.1. The van der Waals surface area contributed by atoms with Crippen molar-refractivity contribution in [1.82, 2.24) is 0 Å². The second kappa shape index (κ2) is 6.26. The first-order chi connectivity index (χ1) is 11.4. The van der Waals surface area contributed by atoms with Crippen molar-refractivity contribution in [2.24, 2.45) is 0 Å². The van der Waals surface area contributed by atoms with Crippen LogP contribution in [0.5, 0.6) is 5.75 Å². The van der Waals surface area contributed by atoms with Gasteiger partial charge in [0.1, 0.15) is 11.6 Å². The number of phenolic OH excluding ortho intramolecular Hbond substituents is 1. The van der Waals surface area contributed by atoms with Crippen LogP contribution in [0.3, 0.4) is 0 Å². The summed E-state index contributed by atoms with van der Waals surface area (Å²) < 4.78 is 89.6. The van der Waals surface area contributed by atoms with Gasteiger partial charge >= 0.3 is 12.4 Å². The zero-order valence-corrected chi connectivity index (χ0v) is 12.0. The van der Waals surface area contributed by atoms with Gasteiger partial charge in [-0.3, -0.25) is 4.79 Å². The van der Waals surface area contributed by atoms with Crippen LogP contribution >= 0.6 is 0 Å². The van der Waals surface area contributed by atoms with E-state index in [0.717, 1.165) is 12.1 Å². The Hall–Kier alpha value is -2.78. The number of anilines is 1. The molecule has 0 aromatic heterocycles. The summed E-state index contributed by atoms with van der Waals surface area (Å²) >= 11 is 0. The quantitative estimate of drug-likeness (QED) is 0.748. The molecule has 0 radical (unpaired) electrons. The van der Waals surface area contributed by atoms with Crippen LogP contribution in [0, 0.1) is 5.82 Å². The van der Waals surface area contributed by atoms with Gasteiger partial charge in [0.25, 0.3) is 5.91 Å². The molecule has 0 saturated heterocycles. The Morgan fingerprint density at radius 2 is 1.48 bits per heavy atom. The number of halogens is 7. The number of carbonyl (C=O) groups excluding carboxylic acids is 1. The molecule has 0 saturated carbocycles. The number of amides is 1. The van der Waals surface area contributed by atoms with Crippen LogP contribution in [0.1, 0.15) is 21.5 Å². The number of rotatable bonds is 2. The Morgan fingerprint density at radius 3 is 2.04 bits per heavy atom. The molecule has 0 heterocycles. The Kier molecular flexibility index (Phi) is 4.65. The summed E-state index contributed by atoms with van der Waals surface area (Å²) in [7, 11) is 0. The molecule has 134 valence electrons. The summed E-state index contributed by atoms with van der Waals surface area (Å²) in [4.78, 5) is 11.9. The van der Waals surface area contributed by atoms with Gasteiger partial charge in [-0.25, -0.2) is 4.39 Å². The normalized spacial score (nSPS) is 12.1. The third-order valence-corrected chi connectivity index (χ3v) is 3.09. The first kappa shape index (κ1) is 18.6. The third kappa shape index (κ3) is 4.20. The van der Waals surface area contributed by atoms with Gasteiger partial charge in [0.15, 0.2) is 0 Å². The van der Waals surface area contributed by atoms with Crippen LogP contribution in [0.2, 0.25) is 0 Å². The molecule has 0 fully saturated rings. The molecule has 0 spiro atoms. The van der Waals surface area contributed by atoms with Crippen LogP contribution in [0.25, 0.3) is 0 Å². The van der Waals surface area contributed by atoms with Gasteiger partial charge in [0, 0.05) is 5.69 Å². The molecule has 25 heavy (non-hydrogen) atoms. The summed E-state index contributed by atoms with van der Waals surface area (Å²) in [5.74, 6) is -2.74. The summed E-state index contributed by atoms with van der Waals surface area (Å²) in [5.41, 5.74) is -5.09. The van der Waals surface area contributed by atoms with E-state index in [9.17, 15) is 40.6 Å².